The number of rotatable bonds is 46. The van der Waals surface area contributed by atoms with Crippen molar-refractivity contribution in [2.45, 2.75) is 136 Å². The van der Waals surface area contributed by atoms with E-state index in [1.165, 1.54) is 0 Å². The van der Waals surface area contributed by atoms with Gasteiger partial charge in [0.05, 0.1) is 25.5 Å². The molecule has 1 fully saturated rings. The van der Waals surface area contributed by atoms with Crippen LogP contribution in [-0.4, -0.2) is 241 Å². The molecule has 1 rings (SSSR count). The number of hydrogen-bond donors (Lipinski definition) is 4. The lowest BCUT2D eigenvalue weighted by atomic mass is 10.4. The van der Waals surface area contributed by atoms with E-state index in [4.69, 9.17) is 111 Å². The van der Waals surface area contributed by atoms with Gasteiger partial charge in [-0.25, -0.2) is 4.79 Å². The quantitative estimate of drug-likeness (QED) is 0.0133. The van der Waals surface area contributed by atoms with E-state index in [0.29, 0.717) is 96.7 Å². The molecule has 0 saturated carbocycles. The zero-order valence-electron chi connectivity index (χ0n) is 54.0. The molecule has 81 heavy (non-hydrogen) atoms. The van der Waals surface area contributed by atoms with Crippen molar-refractivity contribution < 1.29 is 98.7 Å². The van der Waals surface area contributed by atoms with E-state index in [1.807, 2.05) is 48.5 Å². The molecule has 2 unspecified atom stereocenters. The van der Waals surface area contributed by atoms with Crippen molar-refractivity contribution in [3.8, 4) is 0 Å². The van der Waals surface area contributed by atoms with Crippen molar-refractivity contribution in [1.29, 1.82) is 0 Å². The van der Waals surface area contributed by atoms with Gasteiger partial charge in [-0.2, -0.15) is 12.6 Å². The molecule has 32 heteroatoms. The summed E-state index contributed by atoms with van der Waals surface area (Å²) in [6, 6.07) is 3.83. The normalized spacial score (nSPS) is 13.9. The standard InChI is InChI=1S/C10H20O5Si.C9H23NO3Si.C9H20O5Si.C9H22O3SSi.2C6H17NO3Si/c1-9(2)10(11)15-7-6-8-16(12-3,13-4)14-5;1-5-9(10)14(11-6-2,12-7-3)13-8-4;1-10-15(11-2,12-3)6-4-5-13-7-9-8-14-9;1-4-10-14(11-5-2,12-6-3)9-7-8-13;2*1-8-11(9-2,10-3)6-4-5-7/h1,6-8H2,2-5H3;9H,5-8,10H2,1-4H3;9H,4-8H2,1-3H3;13H,4-9H2,1-3H3;2*4-7H2,1-3H3. The van der Waals surface area contributed by atoms with Gasteiger partial charge < -0.3 is 111 Å². The third-order valence-corrected chi connectivity index (χ3v) is 29.6. The maximum atomic E-state index is 11.1. The average molecular weight is 1300 g/mol. The highest BCUT2D eigenvalue weighted by molar-refractivity contribution is 7.80. The highest BCUT2D eigenvalue weighted by Gasteiger charge is 2.47. The van der Waals surface area contributed by atoms with Crippen LogP contribution in [0.4, 0.5) is 0 Å². The van der Waals surface area contributed by atoms with Crippen LogP contribution in [0, 0.1) is 0 Å². The molecule has 0 aromatic carbocycles. The van der Waals surface area contributed by atoms with Crippen molar-refractivity contribution in [3.05, 3.63) is 12.2 Å². The number of ether oxygens (including phenoxy) is 3. The molecule has 0 radical (unpaired) electrons. The molecule has 6 N–H and O–H groups in total. The van der Waals surface area contributed by atoms with Gasteiger partial charge in [-0.3, -0.25) is 0 Å². The molecular formula is C49H119N3O22SSi6. The number of carbonyl (C=O) groups excluding carboxylic acids is 1. The predicted molar refractivity (Wildman–Crippen MR) is 332 cm³/mol. The summed E-state index contributed by atoms with van der Waals surface area (Å²) in [6.45, 7) is 26.4. The maximum Gasteiger partial charge on any atom is 0.518 e. The van der Waals surface area contributed by atoms with Crippen LogP contribution in [0.15, 0.2) is 12.2 Å². The van der Waals surface area contributed by atoms with Crippen LogP contribution in [0.5, 0.6) is 0 Å². The van der Waals surface area contributed by atoms with E-state index in [0.717, 1.165) is 68.6 Å². The van der Waals surface area contributed by atoms with E-state index in [1.54, 1.807) is 92.2 Å². The summed E-state index contributed by atoms with van der Waals surface area (Å²) in [6.07, 6.45) is 5.40. The minimum absolute atomic E-state index is 0.123. The topological polar surface area (TPSA) is 292 Å². The molecule has 0 spiro atoms. The lowest BCUT2D eigenvalue weighted by Gasteiger charge is -2.32. The zero-order valence-corrected chi connectivity index (χ0v) is 60.9. The number of thiol groups is 1. The van der Waals surface area contributed by atoms with Crippen LogP contribution in [-0.2, 0) is 98.7 Å². The van der Waals surface area contributed by atoms with Gasteiger partial charge in [-0.05, 0) is 106 Å². The van der Waals surface area contributed by atoms with Crippen LogP contribution in [0.2, 0.25) is 30.2 Å². The first-order valence-electron chi connectivity index (χ1n) is 27.9. The monoisotopic (exact) mass is 1300 g/mol. The smallest absolute Gasteiger partial charge is 0.462 e. The van der Waals surface area contributed by atoms with Gasteiger partial charge in [0, 0.05) is 167 Å². The number of hydrogen-bond acceptors (Lipinski definition) is 26. The molecule has 0 aliphatic carbocycles. The fourth-order valence-electron chi connectivity index (χ4n) is 6.80. The predicted octanol–water partition coefficient (Wildman–Crippen LogP) is 6.14. The molecular weight excluding hydrogens is 1180 g/mol. The maximum absolute atomic E-state index is 11.1. The summed E-state index contributed by atoms with van der Waals surface area (Å²) in [5.41, 5.74) is 17.0. The third-order valence-electron chi connectivity index (χ3n) is 11.5. The van der Waals surface area contributed by atoms with Crippen molar-refractivity contribution in [3.63, 3.8) is 0 Å². The van der Waals surface area contributed by atoms with Gasteiger partial charge in [-0.1, -0.05) is 13.5 Å². The SMILES string of the molecule is C=C(C)C(=O)OCCC[Si](OC)(OC)OC.CCO[Si](CCCS)(OCC)OCC.CCO[Si](OCC)(OCC)C(N)CC.CO[Si](CCCN)(OC)OC.CO[Si](CCCN)(OC)OC.CO[Si](CCCOCC1CO1)(OC)OC. The molecule has 0 aromatic rings. The van der Waals surface area contributed by atoms with Crippen LogP contribution in [0.3, 0.4) is 0 Å². The molecule has 1 heterocycles. The van der Waals surface area contributed by atoms with E-state index in [2.05, 4.69) is 19.2 Å². The second-order valence-corrected chi connectivity index (χ2v) is 35.2. The van der Waals surface area contributed by atoms with Crippen LogP contribution in [0.25, 0.3) is 0 Å². The Hall–Kier alpha value is -0.0587. The van der Waals surface area contributed by atoms with Crippen molar-refractivity contribution >= 4 is 71.4 Å². The Morgan fingerprint density at radius 3 is 1.05 bits per heavy atom. The summed E-state index contributed by atoms with van der Waals surface area (Å²) in [5, 5.41) is 0. The van der Waals surface area contributed by atoms with Gasteiger partial charge in [0.1, 0.15) is 6.10 Å². The van der Waals surface area contributed by atoms with E-state index < -0.39 is 52.8 Å². The molecule has 1 aliphatic rings. The molecule has 0 aromatic heterocycles. The highest BCUT2D eigenvalue weighted by Crippen LogP contribution is 2.20. The van der Waals surface area contributed by atoms with E-state index >= 15 is 0 Å². The number of epoxide rings is 1. The second-order valence-electron chi connectivity index (χ2n) is 16.8. The molecule has 0 bridgehead atoms. The average Bonchev–Trinajstić information content (AvgIpc) is 4.32. The minimum Gasteiger partial charge on any atom is -0.462 e. The fraction of sp³-hybridized carbons (Fsp3) is 0.939. The van der Waals surface area contributed by atoms with Crippen LogP contribution >= 0.6 is 12.6 Å². The summed E-state index contributed by atoms with van der Waals surface area (Å²) in [4.78, 5) is 11.1. The Kier molecular flexibility index (Phi) is 63.9. The Morgan fingerprint density at radius 1 is 0.506 bits per heavy atom. The van der Waals surface area contributed by atoms with Crippen molar-refractivity contribution in [2.24, 2.45) is 17.2 Å². The Morgan fingerprint density at radius 2 is 0.802 bits per heavy atom. The summed E-state index contributed by atoms with van der Waals surface area (Å²) in [5.74, 6) is 0.474. The molecule has 2 atom stereocenters. The van der Waals surface area contributed by atoms with E-state index in [9.17, 15) is 4.79 Å². The minimum atomic E-state index is -2.62. The van der Waals surface area contributed by atoms with Crippen LogP contribution < -0.4 is 17.2 Å². The Bertz CT molecular complexity index is 1300. The fourth-order valence-corrected chi connectivity index (χ4v) is 19.4. The number of esters is 1. The summed E-state index contributed by atoms with van der Waals surface area (Å²) in [7, 11) is 4.63. The van der Waals surface area contributed by atoms with Gasteiger partial charge in [0.15, 0.2) is 0 Å². The van der Waals surface area contributed by atoms with E-state index in [-0.39, 0.29) is 11.6 Å². The molecule has 1 saturated heterocycles. The van der Waals surface area contributed by atoms with Gasteiger partial charge >= 0.3 is 58.8 Å². The summed E-state index contributed by atoms with van der Waals surface area (Å²) < 4.78 is 112. The molecule has 0 amide bonds. The van der Waals surface area contributed by atoms with Crippen molar-refractivity contribution in [2.75, 3.05) is 170 Å². The highest BCUT2D eigenvalue weighted by atomic mass is 32.1. The van der Waals surface area contributed by atoms with Crippen molar-refractivity contribution in [1.82, 2.24) is 0 Å². The molecule has 492 valence electrons. The molecule has 1 aliphatic heterocycles. The Labute approximate surface area is 503 Å². The Balaban J connectivity index is -0.000000287. The first-order valence-corrected chi connectivity index (χ1v) is 40.0. The van der Waals surface area contributed by atoms with Gasteiger partial charge in [0.2, 0.25) is 0 Å². The zero-order chi connectivity index (χ0) is 63.1. The number of nitrogens with two attached hydrogens (primary N) is 3. The van der Waals surface area contributed by atoms with Crippen LogP contribution in [0.1, 0.15) is 93.9 Å². The lowest BCUT2D eigenvalue weighted by Crippen LogP contribution is -2.60. The first-order chi connectivity index (χ1) is 38.7. The molecule has 25 nitrogen and oxygen atoms in total. The third kappa shape index (κ3) is 42.5. The second kappa shape index (κ2) is 57.7. The largest absolute Gasteiger partial charge is 0.518 e. The van der Waals surface area contributed by atoms with Gasteiger partial charge in [-0.15, -0.1) is 0 Å². The summed E-state index contributed by atoms with van der Waals surface area (Å²) >= 11 is 4.19. The van der Waals surface area contributed by atoms with Gasteiger partial charge in [0.25, 0.3) is 0 Å². The lowest BCUT2D eigenvalue weighted by molar-refractivity contribution is -0.139. The first kappa shape index (κ1) is 89.7. The number of carbonyl (C=O) groups is 1.